The summed E-state index contributed by atoms with van der Waals surface area (Å²) in [5, 5.41) is 9.73. The molecule has 20 heavy (non-hydrogen) atoms. The summed E-state index contributed by atoms with van der Waals surface area (Å²) in [7, 11) is 0. The molecule has 0 atom stereocenters. The van der Waals surface area contributed by atoms with Crippen molar-refractivity contribution in [3.63, 3.8) is 0 Å². The molecule has 0 saturated carbocycles. The maximum Gasteiger partial charge on any atom is 0.129 e. The van der Waals surface area contributed by atoms with E-state index >= 15 is 0 Å². The molecule has 3 rings (SSSR count). The van der Waals surface area contributed by atoms with Gasteiger partial charge in [-0.05, 0) is 29.8 Å². The lowest BCUT2D eigenvalue weighted by atomic mass is 10.2. The number of rotatable bonds is 4. The molecule has 0 spiro atoms. The van der Waals surface area contributed by atoms with Crippen LogP contribution in [0.5, 0.6) is 5.75 Å². The number of para-hydroxylation sites is 1. The Morgan fingerprint density at radius 3 is 2.55 bits per heavy atom. The molecule has 0 fully saturated rings. The topological polar surface area (TPSA) is 38.0 Å². The van der Waals surface area contributed by atoms with E-state index in [0.29, 0.717) is 5.75 Å². The molecule has 0 bridgehead atoms. The van der Waals surface area contributed by atoms with E-state index in [2.05, 4.69) is 29.2 Å². The van der Waals surface area contributed by atoms with Gasteiger partial charge in [-0.25, -0.2) is 4.98 Å². The molecule has 3 aromatic rings. The van der Waals surface area contributed by atoms with Gasteiger partial charge in [0.05, 0.1) is 6.33 Å². The molecule has 2 aromatic carbocycles. The molecule has 100 valence electrons. The number of aromatic hydroxyl groups is 1. The summed E-state index contributed by atoms with van der Waals surface area (Å²) >= 11 is 1.63. The number of imidazole rings is 1. The fourth-order valence-electron chi connectivity index (χ4n) is 1.92. The molecular formula is C16H14N2OS. The molecule has 0 aliphatic heterocycles. The van der Waals surface area contributed by atoms with Crippen LogP contribution in [0.4, 0.5) is 0 Å². The molecule has 0 aliphatic rings. The second-order valence-corrected chi connectivity index (χ2v) is 5.41. The molecule has 0 aliphatic carbocycles. The van der Waals surface area contributed by atoms with Crippen molar-refractivity contribution in [3.05, 3.63) is 72.8 Å². The molecule has 1 heterocycles. The monoisotopic (exact) mass is 282 g/mol. The second-order valence-electron chi connectivity index (χ2n) is 4.39. The number of phenolic OH excluding ortho intramolecular Hbond substituents is 1. The Kier molecular flexibility index (Phi) is 3.74. The second kappa shape index (κ2) is 5.84. The quantitative estimate of drug-likeness (QED) is 0.738. The van der Waals surface area contributed by atoms with Gasteiger partial charge in [-0.2, -0.15) is 0 Å². The zero-order valence-electron chi connectivity index (χ0n) is 10.8. The van der Waals surface area contributed by atoms with E-state index in [4.69, 9.17) is 0 Å². The summed E-state index contributed by atoms with van der Waals surface area (Å²) < 4.78 is 1.97. The number of benzene rings is 2. The Hall–Kier alpha value is -2.20. The van der Waals surface area contributed by atoms with E-state index in [9.17, 15) is 5.11 Å². The molecular weight excluding hydrogens is 268 g/mol. The summed E-state index contributed by atoms with van der Waals surface area (Å²) in [6.07, 6.45) is 5.47. The number of aromatic nitrogens is 2. The lowest BCUT2D eigenvalue weighted by Crippen LogP contribution is -1.90. The Bertz CT molecular complexity index is 678. The molecule has 1 aromatic heterocycles. The van der Waals surface area contributed by atoms with Crippen LogP contribution in [-0.2, 0) is 5.75 Å². The summed E-state index contributed by atoms with van der Waals surface area (Å²) in [5.74, 6) is 1.18. The van der Waals surface area contributed by atoms with Crippen LogP contribution in [0.25, 0.3) is 5.69 Å². The molecule has 0 radical (unpaired) electrons. The molecule has 0 unspecified atom stereocenters. The average molecular weight is 282 g/mol. The van der Waals surface area contributed by atoms with E-state index in [-0.39, 0.29) is 0 Å². The zero-order valence-corrected chi connectivity index (χ0v) is 11.6. The molecule has 4 heteroatoms. The molecule has 1 N–H and O–H groups in total. The lowest BCUT2D eigenvalue weighted by Gasteiger charge is -2.06. The predicted molar refractivity (Wildman–Crippen MR) is 81.2 cm³/mol. The van der Waals surface area contributed by atoms with Crippen molar-refractivity contribution in [1.29, 1.82) is 0 Å². The zero-order chi connectivity index (χ0) is 13.8. The fraction of sp³-hybridized carbons (Fsp3) is 0.0625. The van der Waals surface area contributed by atoms with Gasteiger partial charge in [0.15, 0.2) is 0 Å². The van der Waals surface area contributed by atoms with Crippen LogP contribution >= 0.6 is 11.8 Å². The number of hydrogen-bond donors (Lipinski definition) is 1. The summed E-state index contributed by atoms with van der Waals surface area (Å²) in [6, 6.07) is 15.8. The third-order valence-corrected chi connectivity index (χ3v) is 4.13. The first-order valence-corrected chi connectivity index (χ1v) is 7.29. The number of phenols is 1. The van der Waals surface area contributed by atoms with Crippen LogP contribution in [0, 0.1) is 0 Å². The van der Waals surface area contributed by atoms with Crippen LogP contribution in [-0.4, -0.2) is 14.7 Å². The van der Waals surface area contributed by atoms with Crippen molar-refractivity contribution in [2.45, 2.75) is 10.6 Å². The van der Waals surface area contributed by atoms with Gasteiger partial charge in [-0.15, -0.1) is 11.8 Å². The standard InChI is InChI=1S/C16H14N2OS/c19-15-3-1-2-4-16(15)20-11-13-5-7-14(8-6-13)18-10-9-17-12-18/h1-10,12,19H,11H2. The third kappa shape index (κ3) is 2.86. The highest BCUT2D eigenvalue weighted by Gasteiger charge is 2.02. The predicted octanol–water partition coefficient (Wildman–Crippen LogP) is 3.87. The van der Waals surface area contributed by atoms with E-state index in [1.807, 2.05) is 29.0 Å². The molecule has 0 amide bonds. The Morgan fingerprint density at radius 1 is 1.05 bits per heavy atom. The van der Waals surface area contributed by atoms with Crippen LogP contribution in [0.15, 0.2) is 72.1 Å². The van der Waals surface area contributed by atoms with Gasteiger partial charge < -0.3 is 9.67 Å². The highest BCUT2D eigenvalue weighted by atomic mass is 32.2. The van der Waals surface area contributed by atoms with E-state index in [0.717, 1.165) is 16.3 Å². The van der Waals surface area contributed by atoms with Crippen molar-refractivity contribution in [2.24, 2.45) is 0 Å². The average Bonchev–Trinajstić information content (AvgIpc) is 3.01. The van der Waals surface area contributed by atoms with Gasteiger partial charge in [0.2, 0.25) is 0 Å². The van der Waals surface area contributed by atoms with Gasteiger partial charge in [0.25, 0.3) is 0 Å². The normalized spacial score (nSPS) is 10.6. The number of nitrogens with zero attached hydrogens (tertiary/aromatic N) is 2. The van der Waals surface area contributed by atoms with E-state index in [1.54, 1.807) is 30.4 Å². The maximum absolute atomic E-state index is 9.73. The van der Waals surface area contributed by atoms with Crippen molar-refractivity contribution in [1.82, 2.24) is 9.55 Å². The van der Waals surface area contributed by atoms with Crippen molar-refractivity contribution >= 4 is 11.8 Å². The van der Waals surface area contributed by atoms with Gasteiger partial charge in [-0.1, -0.05) is 24.3 Å². The Labute approximate surface area is 121 Å². The minimum absolute atomic E-state index is 0.340. The smallest absolute Gasteiger partial charge is 0.129 e. The maximum atomic E-state index is 9.73. The van der Waals surface area contributed by atoms with Crippen LogP contribution in [0.3, 0.4) is 0 Å². The largest absolute Gasteiger partial charge is 0.507 e. The van der Waals surface area contributed by atoms with Crippen LogP contribution in [0.1, 0.15) is 5.56 Å². The van der Waals surface area contributed by atoms with E-state index in [1.165, 1.54) is 5.56 Å². The highest BCUT2D eigenvalue weighted by molar-refractivity contribution is 7.98. The van der Waals surface area contributed by atoms with Gasteiger partial charge in [-0.3, -0.25) is 0 Å². The lowest BCUT2D eigenvalue weighted by molar-refractivity contribution is 0.462. The molecule has 0 saturated heterocycles. The SMILES string of the molecule is Oc1ccccc1SCc1ccc(-n2ccnc2)cc1. The highest BCUT2D eigenvalue weighted by Crippen LogP contribution is 2.30. The number of hydrogen-bond acceptors (Lipinski definition) is 3. The van der Waals surface area contributed by atoms with Crippen molar-refractivity contribution < 1.29 is 5.11 Å². The van der Waals surface area contributed by atoms with Gasteiger partial charge in [0, 0.05) is 28.7 Å². The van der Waals surface area contributed by atoms with Gasteiger partial charge in [0.1, 0.15) is 5.75 Å². The first-order chi connectivity index (χ1) is 9.83. The minimum Gasteiger partial charge on any atom is -0.507 e. The third-order valence-electron chi connectivity index (χ3n) is 3.00. The fourth-order valence-corrected chi connectivity index (χ4v) is 2.82. The van der Waals surface area contributed by atoms with Crippen LogP contribution < -0.4 is 0 Å². The first kappa shape index (κ1) is 12.8. The number of thioether (sulfide) groups is 1. The minimum atomic E-state index is 0.340. The van der Waals surface area contributed by atoms with E-state index < -0.39 is 0 Å². The van der Waals surface area contributed by atoms with Crippen molar-refractivity contribution in [3.8, 4) is 11.4 Å². The summed E-state index contributed by atoms with van der Waals surface area (Å²) in [4.78, 5) is 4.95. The summed E-state index contributed by atoms with van der Waals surface area (Å²) in [6.45, 7) is 0. The summed E-state index contributed by atoms with van der Waals surface area (Å²) in [5.41, 5.74) is 2.32. The Morgan fingerprint density at radius 2 is 1.85 bits per heavy atom. The van der Waals surface area contributed by atoms with Crippen molar-refractivity contribution in [2.75, 3.05) is 0 Å². The first-order valence-electron chi connectivity index (χ1n) is 6.31. The van der Waals surface area contributed by atoms with Gasteiger partial charge >= 0.3 is 0 Å². The molecule has 3 nitrogen and oxygen atoms in total. The Balaban J connectivity index is 1.68. The van der Waals surface area contributed by atoms with Crippen LogP contribution in [0.2, 0.25) is 0 Å².